The Balaban J connectivity index is 1.22. The minimum atomic E-state index is 0.0835. The third-order valence-corrected chi connectivity index (χ3v) is 6.33. The molecule has 5 nitrogen and oxygen atoms in total. The summed E-state index contributed by atoms with van der Waals surface area (Å²) in [6.07, 6.45) is 0. The molecule has 0 saturated carbocycles. The summed E-state index contributed by atoms with van der Waals surface area (Å²) in [6.45, 7) is 7.09. The highest BCUT2D eigenvalue weighted by Gasteiger charge is 2.26. The highest BCUT2D eigenvalue weighted by molar-refractivity contribution is 6.30. The van der Waals surface area contributed by atoms with E-state index in [9.17, 15) is 0 Å². The van der Waals surface area contributed by atoms with E-state index in [1.165, 1.54) is 16.3 Å². The first-order chi connectivity index (χ1) is 15.2. The van der Waals surface area contributed by atoms with Gasteiger partial charge in [0.1, 0.15) is 0 Å². The van der Waals surface area contributed by atoms with Crippen molar-refractivity contribution in [3.63, 3.8) is 0 Å². The second-order valence-electron chi connectivity index (χ2n) is 8.08. The summed E-state index contributed by atoms with van der Waals surface area (Å²) in [5.74, 6) is 1.16. The minimum Gasteiger partial charge on any atom is -0.419 e. The van der Waals surface area contributed by atoms with Crippen LogP contribution in [0.1, 0.15) is 24.4 Å². The summed E-state index contributed by atoms with van der Waals surface area (Å²) >= 11 is 6.09. The van der Waals surface area contributed by atoms with Crippen LogP contribution in [-0.4, -0.2) is 46.2 Å². The van der Waals surface area contributed by atoms with Crippen LogP contribution in [0.25, 0.3) is 22.2 Å². The number of benzene rings is 3. The van der Waals surface area contributed by atoms with E-state index in [4.69, 9.17) is 16.0 Å². The van der Waals surface area contributed by atoms with Crippen LogP contribution in [0.5, 0.6) is 0 Å². The largest absolute Gasteiger partial charge is 0.419 e. The molecule has 0 N–H and O–H groups in total. The van der Waals surface area contributed by atoms with Gasteiger partial charge in [0, 0.05) is 43.3 Å². The molecule has 0 bridgehead atoms. The first-order valence-electron chi connectivity index (χ1n) is 10.7. The fourth-order valence-corrected chi connectivity index (χ4v) is 4.47. The first-order valence-corrected chi connectivity index (χ1v) is 11.1. The van der Waals surface area contributed by atoms with Crippen molar-refractivity contribution in [3.05, 3.63) is 83.2 Å². The second-order valence-corrected chi connectivity index (χ2v) is 8.52. The van der Waals surface area contributed by atoms with E-state index < -0.39 is 0 Å². The molecule has 158 valence electrons. The van der Waals surface area contributed by atoms with Crippen molar-refractivity contribution in [2.24, 2.45) is 0 Å². The summed E-state index contributed by atoms with van der Waals surface area (Å²) < 4.78 is 5.97. The maximum Gasteiger partial charge on any atom is 0.247 e. The van der Waals surface area contributed by atoms with Crippen molar-refractivity contribution >= 4 is 22.4 Å². The van der Waals surface area contributed by atoms with E-state index in [0.29, 0.717) is 16.8 Å². The van der Waals surface area contributed by atoms with Crippen LogP contribution < -0.4 is 0 Å². The van der Waals surface area contributed by atoms with Crippen LogP contribution in [0.2, 0.25) is 5.02 Å². The molecule has 1 aliphatic heterocycles. The van der Waals surface area contributed by atoms with Crippen LogP contribution in [-0.2, 0) is 6.54 Å². The van der Waals surface area contributed by atoms with Gasteiger partial charge in [0.2, 0.25) is 11.8 Å². The number of fused-ring (bicyclic) bond motifs is 1. The molecule has 0 amide bonds. The Hall–Kier alpha value is -2.73. The van der Waals surface area contributed by atoms with Crippen LogP contribution in [0.4, 0.5) is 0 Å². The van der Waals surface area contributed by atoms with E-state index in [1.807, 2.05) is 24.3 Å². The topological polar surface area (TPSA) is 45.4 Å². The number of hydrogen-bond acceptors (Lipinski definition) is 5. The number of aromatic nitrogens is 2. The molecule has 1 atom stereocenters. The molecule has 3 aromatic carbocycles. The molecule has 0 aliphatic carbocycles. The van der Waals surface area contributed by atoms with E-state index >= 15 is 0 Å². The SMILES string of the molecule is C[C@H](c1nnc(-c2cccc(Cl)c2)o1)N1CCN(Cc2cccc3ccccc23)CC1. The van der Waals surface area contributed by atoms with Crippen molar-refractivity contribution in [2.45, 2.75) is 19.5 Å². The van der Waals surface area contributed by atoms with Crippen molar-refractivity contribution < 1.29 is 4.42 Å². The fraction of sp³-hybridized carbons (Fsp3) is 0.280. The smallest absolute Gasteiger partial charge is 0.247 e. The van der Waals surface area contributed by atoms with E-state index in [1.54, 1.807) is 0 Å². The Morgan fingerprint density at radius 2 is 1.71 bits per heavy atom. The quantitative estimate of drug-likeness (QED) is 0.421. The third kappa shape index (κ3) is 4.35. The molecule has 1 aromatic heterocycles. The number of halogens is 1. The Morgan fingerprint density at radius 3 is 2.55 bits per heavy atom. The Kier molecular flexibility index (Phi) is 5.72. The van der Waals surface area contributed by atoms with Crippen LogP contribution in [0, 0.1) is 0 Å². The molecular weight excluding hydrogens is 408 g/mol. The number of rotatable bonds is 5. The summed E-state index contributed by atoms with van der Waals surface area (Å²) in [5, 5.41) is 11.8. The van der Waals surface area contributed by atoms with Crippen molar-refractivity contribution in [1.29, 1.82) is 0 Å². The zero-order chi connectivity index (χ0) is 21.2. The lowest BCUT2D eigenvalue weighted by Gasteiger charge is -2.37. The highest BCUT2D eigenvalue weighted by atomic mass is 35.5. The van der Waals surface area contributed by atoms with Gasteiger partial charge in [-0.3, -0.25) is 9.80 Å². The van der Waals surface area contributed by atoms with Crippen molar-refractivity contribution in [2.75, 3.05) is 26.2 Å². The Morgan fingerprint density at radius 1 is 0.935 bits per heavy atom. The van der Waals surface area contributed by atoms with Gasteiger partial charge < -0.3 is 4.42 Å². The summed E-state index contributed by atoms with van der Waals surface area (Å²) in [6, 6.07) is 22.8. The summed E-state index contributed by atoms with van der Waals surface area (Å²) in [4.78, 5) is 4.94. The van der Waals surface area contributed by atoms with Crippen LogP contribution >= 0.6 is 11.6 Å². The van der Waals surface area contributed by atoms with Gasteiger partial charge in [-0.1, -0.05) is 60.1 Å². The van der Waals surface area contributed by atoms with Crippen LogP contribution in [0.3, 0.4) is 0 Å². The highest BCUT2D eigenvalue weighted by Crippen LogP contribution is 2.27. The van der Waals surface area contributed by atoms with Crippen molar-refractivity contribution in [1.82, 2.24) is 20.0 Å². The monoisotopic (exact) mass is 432 g/mol. The Bertz CT molecular complexity index is 1180. The maximum atomic E-state index is 6.09. The lowest BCUT2D eigenvalue weighted by molar-refractivity contribution is 0.0878. The Labute approximate surface area is 187 Å². The number of hydrogen-bond donors (Lipinski definition) is 0. The van der Waals surface area contributed by atoms with Gasteiger partial charge in [0.15, 0.2) is 0 Å². The molecule has 31 heavy (non-hydrogen) atoms. The standard InChI is InChI=1S/C25H25ClN4O/c1-18(24-27-28-25(31-24)20-8-5-10-22(26)16-20)30-14-12-29(13-15-30)17-21-9-4-7-19-6-2-3-11-23(19)21/h2-11,16,18H,12-15,17H2,1H3/t18-/m1/s1. The fourth-order valence-electron chi connectivity index (χ4n) is 4.28. The predicted molar refractivity (Wildman–Crippen MR) is 124 cm³/mol. The number of nitrogens with zero attached hydrogens (tertiary/aromatic N) is 4. The minimum absolute atomic E-state index is 0.0835. The predicted octanol–water partition coefficient (Wildman–Crippen LogP) is 5.42. The average Bonchev–Trinajstić information content (AvgIpc) is 3.30. The molecule has 5 rings (SSSR count). The van der Waals surface area contributed by atoms with Crippen LogP contribution in [0.15, 0.2) is 71.1 Å². The normalized spacial score (nSPS) is 16.6. The molecule has 4 aromatic rings. The van der Waals surface area contributed by atoms with Gasteiger partial charge in [-0.25, -0.2) is 0 Å². The van der Waals surface area contributed by atoms with E-state index in [2.05, 4.69) is 69.4 Å². The molecule has 1 fully saturated rings. The zero-order valence-electron chi connectivity index (χ0n) is 17.5. The van der Waals surface area contributed by atoms with Gasteiger partial charge in [0.05, 0.1) is 6.04 Å². The van der Waals surface area contributed by atoms with Gasteiger partial charge in [0.25, 0.3) is 0 Å². The number of piperazine rings is 1. The summed E-state index contributed by atoms with van der Waals surface area (Å²) in [7, 11) is 0. The van der Waals surface area contributed by atoms with Gasteiger partial charge >= 0.3 is 0 Å². The molecule has 0 unspecified atom stereocenters. The molecule has 6 heteroatoms. The summed E-state index contributed by atoms with van der Waals surface area (Å²) in [5.41, 5.74) is 2.24. The van der Waals surface area contributed by atoms with Crippen molar-refractivity contribution in [3.8, 4) is 11.5 Å². The molecule has 0 radical (unpaired) electrons. The van der Waals surface area contributed by atoms with E-state index in [0.717, 1.165) is 38.3 Å². The molecule has 2 heterocycles. The lowest BCUT2D eigenvalue weighted by atomic mass is 10.0. The van der Waals surface area contributed by atoms with Gasteiger partial charge in [-0.15, -0.1) is 10.2 Å². The first kappa shape index (κ1) is 20.2. The molecule has 1 saturated heterocycles. The van der Waals surface area contributed by atoms with Gasteiger partial charge in [-0.05, 0) is 41.5 Å². The zero-order valence-corrected chi connectivity index (χ0v) is 18.3. The molecule has 0 spiro atoms. The second kappa shape index (κ2) is 8.79. The molecule has 1 aliphatic rings. The van der Waals surface area contributed by atoms with Gasteiger partial charge in [-0.2, -0.15) is 0 Å². The molecular formula is C25H25ClN4O. The maximum absolute atomic E-state index is 6.09. The third-order valence-electron chi connectivity index (χ3n) is 6.10. The lowest BCUT2D eigenvalue weighted by Crippen LogP contribution is -2.46. The average molecular weight is 433 g/mol. The van der Waals surface area contributed by atoms with E-state index in [-0.39, 0.29) is 6.04 Å².